The normalized spacial score (nSPS) is 10.9. The zero-order valence-corrected chi connectivity index (χ0v) is 16.0. The second kappa shape index (κ2) is 8.63. The van der Waals surface area contributed by atoms with Crippen molar-refractivity contribution in [1.29, 1.82) is 0 Å². The number of benzene rings is 3. The number of nitrogens with one attached hydrogen (secondary N) is 1. The molecule has 0 radical (unpaired) electrons. The highest BCUT2D eigenvalue weighted by Crippen LogP contribution is 2.20. The maximum absolute atomic E-state index is 4.78. The van der Waals surface area contributed by atoms with Gasteiger partial charge >= 0.3 is 0 Å². The van der Waals surface area contributed by atoms with Crippen LogP contribution in [0.2, 0.25) is 0 Å². The Morgan fingerprint density at radius 3 is 2.11 bits per heavy atom. The first kappa shape index (κ1) is 18.1. The fourth-order valence-electron chi connectivity index (χ4n) is 3.17. The van der Waals surface area contributed by atoms with Crippen LogP contribution in [-0.4, -0.2) is 15.0 Å². The summed E-state index contributed by atoms with van der Waals surface area (Å²) in [6.45, 7) is 4.25. The second-order valence-electron chi connectivity index (χ2n) is 6.97. The number of nitrogens with zero attached hydrogens (tertiary/aromatic N) is 3. The molecule has 0 fully saturated rings. The van der Waals surface area contributed by atoms with Gasteiger partial charge in [-0.05, 0) is 18.1 Å². The number of hydrogen-bond acceptors (Lipinski definition) is 3. The minimum atomic E-state index is 0.665. The van der Waals surface area contributed by atoms with E-state index in [9.17, 15) is 0 Å². The highest BCUT2D eigenvalue weighted by atomic mass is 15.5. The van der Waals surface area contributed by atoms with E-state index in [1.807, 2.05) is 36.4 Å². The van der Waals surface area contributed by atoms with Crippen molar-refractivity contribution >= 4 is 0 Å². The molecule has 1 N–H and O–H groups in total. The van der Waals surface area contributed by atoms with Crippen molar-refractivity contribution in [3.8, 4) is 11.3 Å². The minimum absolute atomic E-state index is 0.665. The third-order valence-corrected chi connectivity index (χ3v) is 4.68. The molecule has 0 aliphatic carbocycles. The molecule has 4 nitrogen and oxygen atoms in total. The van der Waals surface area contributed by atoms with Crippen molar-refractivity contribution in [3.05, 3.63) is 107 Å². The zero-order chi connectivity index (χ0) is 19.2. The summed E-state index contributed by atoms with van der Waals surface area (Å²) in [7, 11) is 0. The highest BCUT2D eigenvalue weighted by Gasteiger charge is 2.13. The smallest absolute Gasteiger partial charge is 0.117 e. The first-order valence-corrected chi connectivity index (χ1v) is 9.57. The summed E-state index contributed by atoms with van der Waals surface area (Å²) in [6.07, 6.45) is 0. The van der Waals surface area contributed by atoms with Crippen molar-refractivity contribution in [2.24, 2.45) is 0 Å². The molecule has 0 saturated heterocycles. The summed E-state index contributed by atoms with van der Waals surface area (Å²) in [5.74, 6) is 0. The van der Waals surface area contributed by atoms with Crippen LogP contribution in [0.15, 0.2) is 84.9 Å². The molecule has 0 amide bonds. The number of aryl methyl sites for hydroxylation is 1. The SMILES string of the molecule is Cc1ccc(CNCc2nn(Cc3ccccc3)nc2-c2ccccc2)cc1. The highest BCUT2D eigenvalue weighted by molar-refractivity contribution is 5.60. The molecule has 0 aliphatic heterocycles. The van der Waals surface area contributed by atoms with Crippen molar-refractivity contribution < 1.29 is 0 Å². The Morgan fingerprint density at radius 2 is 1.39 bits per heavy atom. The van der Waals surface area contributed by atoms with Gasteiger partial charge in [0, 0.05) is 18.7 Å². The van der Waals surface area contributed by atoms with E-state index in [-0.39, 0.29) is 0 Å². The second-order valence-corrected chi connectivity index (χ2v) is 6.97. The van der Waals surface area contributed by atoms with Gasteiger partial charge in [0.15, 0.2) is 0 Å². The maximum Gasteiger partial charge on any atom is 0.117 e. The summed E-state index contributed by atoms with van der Waals surface area (Å²) in [5, 5.41) is 13.1. The molecule has 140 valence electrons. The molecule has 0 saturated carbocycles. The third kappa shape index (κ3) is 4.53. The lowest BCUT2D eigenvalue weighted by atomic mass is 10.1. The molecule has 0 aliphatic rings. The average molecular weight is 368 g/mol. The van der Waals surface area contributed by atoms with Crippen LogP contribution in [0.25, 0.3) is 11.3 Å². The third-order valence-electron chi connectivity index (χ3n) is 4.68. The van der Waals surface area contributed by atoms with Crippen LogP contribution in [0.1, 0.15) is 22.4 Å². The molecular weight excluding hydrogens is 344 g/mol. The molecule has 1 heterocycles. The van der Waals surface area contributed by atoms with Crippen LogP contribution in [0, 0.1) is 6.92 Å². The van der Waals surface area contributed by atoms with Gasteiger partial charge in [-0.3, -0.25) is 0 Å². The van der Waals surface area contributed by atoms with Crippen LogP contribution in [0.5, 0.6) is 0 Å². The van der Waals surface area contributed by atoms with Crippen LogP contribution in [0.4, 0.5) is 0 Å². The van der Waals surface area contributed by atoms with Gasteiger partial charge in [-0.25, -0.2) is 0 Å². The topological polar surface area (TPSA) is 42.7 Å². The predicted molar refractivity (Wildman–Crippen MR) is 113 cm³/mol. The van der Waals surface area contributed by atoms with Gasteiger partial charge in [0.25, 0.3) is 0 Å². The Hall–Kier alpha value is -3.24. The van der Waals surface area contributed by atoms with E-state index >= 15 is 0 Å². The largest absolute Gasteiger partial charge is 0.307 e. The van der Waals surface area contributed by atoms with Crippen LogP contribution in [0.3, 0.4) is 0 Å². The summed E-state index contributed by atoms with van der Waals surface area (Å²) in [6, 6.07) is 29.2. The van der Waals surface area contributed by atoms with Gasteiger partial charge in [0.1, 0.15) is 11.4 Å². The Bertz CT molecular complexity index is 1010. The van der Waals surface area contributed by atoms with Crippen molar-refractivity contribution in [2.45, 2.75) is 26.6 Å². The predicted octanol–water partition coefficient (Wildman–Crippen LogP) is 4.59. The molecule has 4 aromatic rings. The number of aromatic nitrogens is 3. The Balaban J connectivity index is 1.53. The summed E-state index contributed by atoms with van der Waals surface area (Å²) < 4.78 is 0. The van der Waals surface area contributed by atoms with Gasteiger partial charge in [0.05, 0.1) is 6.54 Å². The van der Waals surface area contributed by atoms with Gasteiger partial charge in [-0.1, -0.05) is 90.5 Å². The standard InChI is InChI=1S/C24H24N4/c1-19-12-14-20(15-13-19)16-25-17-23-24(22-10-6-3-7-11-22)27-28(26-23)18-21-8-4-2-5-9-21/h2-15,25H,16-18H2,1H3. The molecule has 0 atom stereocenters. The fourth-order valence-corrected chi connectivity index (χ4v) is 3.17. The van der Waals surface area contributed by atoms with E-state index in [4.69, 9.17) is 10.2 Å². The zero-order valence-electron chi connectivity index (χ0n) is 16.0. The monoisotopic (exact) mass is 368 g/mol. The van der Waals surface area contributed by atoms with E-state index in [1.165, 1.54) is 16.7 Å². The molecule has 3 aromatic carbocycles. The van der Waals surface area contributed by atoms with E-state index in [0.717, 1.165) is 23.5 Å². The van der Waals surface area contributed by atoms with Gasteiger partial charge in [0.2, 0.25) is 0 Å². The first-order chi connectivity index (χ1) is 13.8. The van der Waals surface area contributed by atoms with E-state index < -0.39 is 0 Å². The molecule has 28 heavy (non-hydrogen) atoms. The Kier molecular flexibility index (Phi) is 5.59. The lowest BCUT2D eigenvalue weighted by Gasteiger charge is -2.05. The molecule has 0 unspecified atom stereocenters. The van der Waals surface area contributed by atoms with Gasteiger partial charge in [-0.15, -0.1) is 0 Å². The Morgan fingerprint density at radius 1 is 0.714 bits per heavy atom. The summed E-state index contributed by atoms with van der Waals surface area (Å²) in [5.41, 5.74) is 6.73. The van der Waals surface area contributed by atoms with Crippen molar-refractivity contribution in [1.82, 2.24) is 20.3 Å². The average Bonchev–Trinajstić information content (AvgIpc) is 3.13. The molecule has 0 spiro atoms. The van der Waals surface area contributed by atoms with Crippen molar-refractivity contribution in [3.63, 3.8) is 0 Å². The Labute approximate surface area is 165 Å². The fraction of sp³-hybridized carbons (Fsp3) is 0.167. The molecule has 1 aromatic heterocycles. The summed E-state index contributed by atoms with van der Waals surface area (Å²) in [4.78, 5) is 1.79. The van der Waals surface area contributed by atoms with E-state index in [2.05, 4.69) is 60.8 Å². The maximum atomic E-state index is 4.78. The number of rotatable bonds is 7. The lowest BCUT2D eigenvalue weighted by Crippen LogP contribution is -2.14. The van der Waals surface area contributed by atoms with Gasteiger partial charge in [-0.2, -0.15) is 15.0 Å². The van der Waals surface area contributed by atoms with Gasteiger partial charge < -0.3 is 5.32 Å². The quantitative estimate of drug-likeness (QED) is 0.519. The number of hydrogen-bond donors (Lipinski definition) is 1. The van der Waals surface area contributed by atoms with Crippen LogP contribution < -0.4 is 5.32 Å². The molecule has 4 rings (SSSR count). The molecule has 4 heteroatoms. The van der Waals surface area contributed by atoms with Crippen LogP contribution in [-0.2, 0) is 19.6 Å². The summed E-state index contributed by atoms with van der Waals surface area (Å²) >= 11 is 0. The molecular formula is C24H24N4. The van der Waals surface area contributed by atoms with E-state index in [1.54, 1.807) is 4.80 Å². The van der Waals surface area contributed by atoms with E-state index in [0.29, 0.717) is 13.1 Å². The minimum Gasteiger partial charge on any atom is -0.307 e. The van der Waals surface area contributed by atoms with Crippen LogP contribution >= 0.6 is 0 Å². The molecule has 0 bridgehead atoms. The first-order valence-electron chi connectivity index (χ1n) is 9.57. The lowest BCUT2D eigenvalue weighted by molar-refractivity contribution is 0.576. The van der Waals surface area contributed by atoms with Crippen molar-refractivity contribution in [2.75, 3.05) is 0 Å².